The van der Waals surface area contributed by atoms with Crippen LogP contribution in [0.2, 0.25) is 0 Å². The molecule has 5 nitrogen and oxygen atoms in total. The van der Waals surface area contributed by atoms with E-state index in [0.29, 0.717) is 13.0 Å². The van der Waals surface area contributed by atoms with E-state index in [1.165, 1.54) is 0 Å². The van der Waals surface area contributed by atoms with E-state index in [-0.39, 0.29) is 12.0 Å². The molecule has 0 spiro atoms. The number of aromatic nitrogens is 1. The van der Waals surface area contributed by atoms with Gasteiger partial charge in [-0.1, -0.05) is 0 Å². The quantitative estimate of drug-likeness (QED) is 0.884. The molecule has 1 saturated heterocycles. The monoisotopic (exact) mass is 288 g/mol. The molecule has 1 atom stereocenters. The minimum Gasteiger partial charge on any atom is -0.497 e. The second kappa shape index (κ2) is 6.18. The van der Waals surface area contributed by atoms with E-state index in [4.69, 9.17) is 9.47 Å². The summed E-state index contributed by atoms with van der Waals surface area (Å²) < 4.78 is 10.7. The normalized spacial score (nSPS) is 18.0. The number of methoxy groups -OCH3 is 1. The fourth-order valence-electron chi connectivity index (χ4n) is 2.70. The van der Waals surface area contributed by atoms with Crippen molar-refractivity contribution in [2.75, 3.05) is 20.3 Å². The standard InChI is InChI=1S/C16H20N2O3/c1-20-12-4-5-15-14(8-12)11(9-17-15)7-16(19)18-10-13-3-2-6-21-13/h4-5,8-9,13,17H,2-3,6-7,10H2,1H3,(H,18,19). The van der Waals surface area contributed by atoms with E-state index in [0.717, 1.165) is 41.7 Å². The van der Waals surface area contributed by atoms with E-state index in [2.05, 4.69) is 10.3 Å². The molecule has 0 bridgehead atoms. The van der Waals surface area contributed by atoms with Gasteiger partial charge in [0.1, 0.15) is 5.75 Å². The summed E-state index contributed by atoms with van der Waals surface area (Å²) in [5.41, 5.74) is 1.99. The number of nitrogens with one attached hydrogen (secondary N) is 2. The number of hydrogen-bond donors (Lipinski definition) is 2. The van der Waals surface area contributed by atoms with E-state index < -0.39 is 0 Å². The van der Waals surface area contributed by atoms with Gasteiger partial charge in [0.15, 0.2) is 0 Å². The van der Waals surface area contributed by atoms with Gasteiger partial charge < -0.3 is 19.8 Å². The van der Waals surface area contributed by atoms with Crippen LogP contribution in [0.3, 0.4) is 0 Å². The SMILES string of the molecule is COc1ccc2[nH]cc(CC(=O)NCC3CCCO3)c2c1. The number of carbonyl (C=O) groups is 1. The third kappa shape index (κ3) is 3.19. The molecule has 5 heteroatoms. The molecule has 0 aliphatic carbocycles. The van der Waals surface area contributed by atoms with Gasteiger partial charge in [0.25, 0.3) is 0 Å². The largest absolute Gasteiger partial charge is 0.497 e. The van der Waals surface area contributed by atoms with Crippen LogP contribution in [0.5, 0.6) is 5.75 Å². The minimum absolute atomic E-state index is 0.0224. The molecule has 3 rings (SSSR count). The number of amides is 1. The Kier molecular flexibility index (Phi) is 4.10. The average molecular weight is 288 g/mol. The summed E-state index contributed by atoms with van der Waals surface area (Å²) in [5.74, 6) is 0.817. The van der Waals surface area contributed by atoms with Crippen molar-refractivity contribution in [3.63, 3.8) is 0 Å². The van der Waals surface area contributed by atoms with E-state index >= 15 is 0 Å². The van der Waals surface area contributed by atoms with Crippen LogP contribution in [0.1, 0.15) is 18.4 Å². The van der Waals surface area contributed by atoms with Gasteiger partial charge in [0, 0.05) is 30.3 Å². The molecule has 0 radical (unpaired) electrons. The second-order valence-electron chi connectivity index (χ2n) is 5.34. The summed E-state index contributed by atoms with van der Waals surface area (Å²) in [6.45, 7) is 1.41. The highest BCUT2D eigenvalue weighted by Gasteiger charge is 2.16. The first-order valence-corrected chi connectivity index (χ1v) is 7.28. The predicted octanol–water partition coefficient (Wildman–Crippen LogP) is 2.01. The molecule has 2 N–H and O–H groups in total. The molecule has 0 saturated carbocycles. The van der Waals surface area contributed by atoms with Crippen LogP contribution in [0.25, 0.3) is 10.9 Å². The lowest BCUT2D eigenvalue weighted by molar-refractivity contribution is -0.120. The van der Waals surface area contributed by atoms with Crippen molar-refractivity contribution in [1.29, 1.82) is 0 Å². The van der Waals surface area contributed by atoms with Crippen molar-refractivity contribution in [2.24, 2.45) is 0 Å². The summed E-state index contributed by atoms with van der Waals surface area (Å²) in [6.07, 6.45) is 4.54. The summed E-state index contributed by atoms with van der Waals surface area (Å²) >= 11 is 0. The Bertz CT molecular complexity index is 629. The van der Waals surface area contributed by atoms with Crippen LogP contribution in [-0.4, -0.2) is 37.3 Å². The average Bonchev–Trinajstić information content (AvgIpc) is 3.15. The number of H-pyrrole nitrogens is 1. The fraction of sp³-hybridized carbons (Fsp3) is 0.438. The first kappa shape index (κ1) is 13.9. The first-order chi connectivity index (χ1) is 10.3. The number of ether oxygens (including phenoxy) is 2. The van der Waals surface area contributed by atoms with Crippen molar-refractivity contribution in [3.8, 4) is 5.75 Å². The highest BCUT2D eigenvalue weighted by atomic mass is 16.5. The number of aromatic amines is 1. The molecular weight excluding hydrogens is 268 g/mol. The molecule has 1 aliphatic rings. The summed E-state index contributed by atoms with van der Waals surface area (Å²) in [7, 11) is 1.64. The fourth-order valence-corrected chi connectivity index (χ4v) is 2.70. The first-order valence-electron chi connectivity index (χ1n) is 7.28. The third-order valence-corrected chi connectivity index (χ3v) is 3.88. The van der Waals surface area contributed by atoms with Crippen molar-refractivity contribution >= 4 is 16.8 Å². The molecule has 1 aromatic carbocycles. The molecule has 2 aromatic rings. The minimum atomic E-state index is 0.0224. The number of benzene rings is 1. The van der Waals surface area contributed by atoms with E-state index in [1.807, 2.05) is 24.4 Å². The van der Waals surface area contributed by atoms with Crippen LogP contribution >= 0.6 is 0 Å². The molecule has 21 heavy (non-hydrogen) atoms. The van der Waals surface area contributed by atoms with Crippen LogP contribution in [-0.2, 0) is 16.0 Å². The zero-order valence-electron chi connectivity index (χ0n) is 12.1. The lowest BCUT2D eigenvalue weighted by Gasteiger charge is -2.10. The van der Waals surface area contributed by atoms with Crippen LogP contribution in [0.4, 0.5) is 0 Å². The summed E-state index contributed by atoms with van der Waals surface area (Å²) in [5, 5.41) is 3.98. The van der Waals surface area contributed by atoms with Gasteiger partial charge in [-0.05, 0) is 36.6 Å². The molecule has 1 aliphatic heterocycles. The van der Waals surface area contributed by atoms with Gasteiger partial charge in [-0.3, -0.25) is 4.79 Å². The smallest absolute Gasteiger partial charge is 0.224 e. The summed E-state index contributed by atoms with van der Waals surface area (Å²) in [6, 6.07) is 5.82. The van der Waals surface area contributed by atoms with Gasteiger partial charge >= 0.3 is 0 Å². The Morgan fingerprint density at radius 1 is 1.52 bits per heavy atom. The molecule has 1 aromatic heterocycles. The molecule has 2 heterocycles. The maximum absolute atomic E-state index is 12.1. The van der Waals surface area contributed by atoms with Crippen molar-refractivity contribution in [1.82, 2.24) is 10.3 Å². The number of hydrogen-bond acceptors (Lipinski definition) is 3. The molecule has 112 valence electrons. The lowest BCUT2D eigenvalue weighted by atomic mass is 10.1. The Balaban J connectivity index is 1.64. The van der Waals surface area contributed by atoms with Gasteiger partial charge in [0.05, 0.1) is 19.6 Å². The molecule has 1 fully saturated rings. The van der Waals surface area contributed by atoms with Gasteiger partial charge in [-0.25, -0.2) is 0 Å². The lowest BCUT2D eigenvalue weighted by Crippen LogP contribution is -2.32. The van der Waals surface area contributed by atoms with Crippen molar-refractivity contribution in [2.45, 2.75) is 25.4 Å². The Morgan fingerprint density at radius 2 is 2.43 bits per heavy atom. The predicted molar refractivity (Wildman–Crippen MR) is 80.5 cm³/mol. The zero-order chi connectivity index (χ0) is 14.7. The van der Waals surface area contributed by atoms with E-state index in [1.54, 1.807) is 7.11 Å². The summed E-state index contributed by atoms with van der Waals surface area (Å²) in [4.78, 5) is 15.2. The van der Waals surface area contributed by atoms with Gasteiger partial charge in [-0.2, -0.15) is 0 Å². The van der Waals surface area contributed by atoms with E-state index in [9.17, 15) is 4.79 Å². The van der Waals surface area contributed by atoms with Crippen molar-refractivity contribution in [3.05, 3.63) is 30.0 Å². The Hall–Kier alpha value is -2.01. The number of fused-ring (bicyclic) bond motifs is 1. The number of carbonyl (C=O) groups excluding carboxylic acids is 1. The Labute approximate surface area is 123 Å². The van der Waals surface area contributed by atoms with Crippen LogP contribution in [0.15, 0.2) is 24.4 Å². The zero-order valence-corrected chi connectivity index (χ0v) is 12.1. The topological polar surface area (TPSA) is 63.4 Å². The second-order valence-corrected chi connectivity index (χ2v) is 5.34. The molecule has 1 unspecified atom stereocenters. The van der Waals surface area contributed by atoms with Gasteiger partial charge in [-0.15, -0.1) is 0 Å². The maximum Gasteiger partial charge on any atom is 0.224 e. The maximum atomic E-state index is 12.1. The molecular formula is C16H20N2O3. The van der Waals surface area contributed by atoms with Crippen LogP contribution in [0, 0.1) is 0 Å². The third-order valence-electron chi connectivity index (χ3n) is 3.88. The van der Waals surface area contributed by atoms with Crippen molar-refractivity contribution < 1.29 is 14.3 Å². The Morgan fingerprint density at radius 3 is 3.19 bits per heavy atom. The highest BCUT2D eigenvalue weighted by molar-refractivity contribution is 5.89. The number of rotatable bonds is 5. The van der Waals surface area contributed by atoms with Crippen LogP contribution < -0.4 is 10.1 Å². The highest BCUT2D eigenvalue weighted by Crippen LogP contribution is 2.23. The molecule has 1 amide bonds. The van der Waals surface area contributed by atoms with Gasteiger partial charge in [0.2, 0.25) is 5.91 Å².